The Labute approximate surface area is 97.9 Å². The smallest absolute Gasteiger partial charge is 0.0415 e. The molecule has 1 nitrogen and oxygen atoms in total. The van der Waals surface area contributed by atoms with Crippen LogP contribution in [0.1, 0.15) is 49.4 Å². The van der Waals surface area contributed by atoms with Crippen molar-refractivity contribution in [1.29, 1.82) is 0 Å². The molecule has 2 heteroatoms. The van der Waals surface area contributed by atoms with Gasteiger partial charge in [-0.2, -0.15) is 0 Å². The number of rotatable bonds is 6. The Balaban J connectivity index is 2.65. The number of thiophene rings is 1. The third-order valence-electron chi connectivity index (χ3n) is 3.06. The monoisotopic (exact) mass is 225 g/mol. The molecule has 0 amide bonds. The molecule has 0 saturated carbocycles. The van der Waals surface area contributed by atoms with Gasteiger partial charge in [-0.1, -0.05) is 27.2 Å². The highest BCUT2D eigenvalue weighted by Gasteiger charge is 2.14. The van der Waals surface area contributed by atoms with Crippen molar-refractivity contribution < 1.29 is 0 Å². The number of hydrogen-bond donors (Lipinski definition) is 1. The molecule has 0 aliphatic rings. The molecule has 1 N–H and O–H groups in total. The normalized spacial score (nSPS) is 15.2. The number of hydrogen-bond acceptors (Lipinski definition) is 2. The Kier molecular flexibility index (Phi) is 5.34. The maximum Gasteiger partial charge on any atom is 0.0415 e. The molecular weight excluding hydrogens is 202 g/mol. The van der Waals surface area contributed by atoms with Gasteiger partial charge in [-0.05, 0) is 37.9 Å². The Morgan fingerprint density at radius 2 is 2.07 bits per heavy atom. The zero-order valence-corrected chi connectivity index (χ0v) is 11.2. The van der Waals surface area contributed by atoms with Crippen LogP contribution in [0.4, 0.5) is 0 Å². The van der Waals surface area contributed by atoms with Crippen LogP contribution in [0.25, 0.3) is 0 Å². The minimum absolute atomic E-state index is 0.547. The molecule has 0 aliphatic heterocycles. The molecule has 2 atom stereocenters. The van der Waals surface area contributed by atoms with Crippen molar-refractivity contribution in [2.75, 3.05) is 7.05 Å². The minimum Gasteiger partial charge on any atom is -0.312 e. The second-order valence-corrected chi connectivity index (χ2v) is 5.45. The van der Waals surface area contributed by atoms with Crippen LogP contribution in [0.5, 0.6) is 0 Å². The van der Waals surface area contributed by atoms with Gasteiger partial charge in [0.1, 0.15) is 0 Å². The fraction of sp³-hybridized carbons (Fsp3) is 0.692. The first-order valence-corrected chi connectivity index (χ1v) is 6.78. The lowest BCUT2D eigenvalue weighted by Crippen LogP contribution is -2.17. The summed E-state index contributed by atoms with van der Waals surface area (Å²) in [7, 11) is 2.07. The third kappa shape index (κ3) is 3.62. The summed E-state index contributed by atoms with van der Waals surface area (Å²) < 4.78 is 0. The summed E-state index contributed by atoms with van der Waals surface area (Å²) in [5.74, 6) is 0.801. The first-order chi connectivity index (χ1) is 7.21. The van der Waals surface area contributed by atoms with E-state index in [1.165, 1.54) is 22.6 Å². The van der Waals surface area contributed by atoms with Crippen molar-refractivity contribution in [1.82, 2.24) is 5.32 Å². The standard InChI is InChI=1S/C13H23NS/c1-5-10(3)9-12(14-4)13-8-7-11(6-2)15-13/h7-8,10,12,14H,5-6,9H2,1-4H3. The minimum atomic E-state index is 0.547. The predicted octanol–water partition coefficient (Wildman–Crippen LogP) is 4.01. The largest absolute Gasteiger partial charge is 0.312 e. The topological polar surface area (TPSA) is 12.0 Å². The molecule has 0 aliphatic carbocycles. The fourth-order valence-electron chi connectivity index (χ4n) is 1.72. The van der Waals surface area contributed by atoms with Crippen molar-refractivity contribution in [2.45, 2.75) is 46.1 Å². The quantitative estimate of drug-likeness (QED) is 0.771. The summed E-state index contributed by atoms with van der Waals surface area (Å²) in [6, 6.07) is 5.10. The molecular formula is C13H23NS. The molecule has 0 radical (unpaired) electrons. The van der Waals surface area contributed by atoms with E-state index in [2.05, 4.69) is 45.3 Å². The molecule has 1 rings (SSSR count). The van der Waals surface area contributed by atoms with Crippen LogP contribution >= 0.6 is 11.3 Å². The second-order valence-electron chi connectivity index (χ2n) is 4.25. The van der Waals surface area contributed by atoms with E-state index in [0.717, 1.165) is 12.3 Å². The first kappa shape index (κ1) is 12.7. The maximum atomic E-state index is 3.43. The van der Waals surface area contributed by atoms with Crippen LogP contribution in [-0.2, 0) is 6.42 Å². The lowest BCUT2D eigenvalue weighted by molar-refractivity contribution is 0.426. The second kappa shape index (κ2) is 6.29. The van der Waals surface area contributed by atoms with Gasteiger partial charge in [-0.15, -0.1) is 11.3 Å². The van der Waals surface area contributed by atoms with E-state index in [9.17, 15) is 0 Å². The van der Waals surface area contributed by atoms with Crippen LogP contribution in [0, 0.1) is 5.92 Å². The average Bonchev–Trinajstić information content (AvgIpc) is 2.73. The molecule has 0 saturated heterocycles. The van der Waals surface area contributed by atoms with Gasteiger partial charge in [0.15, 0.2) is 0 Å². The van der Waals surface area contributed by atoms with Gasteiger partial charge < -0.3 is 5.32 Å². The molecule has 0 fully saturated rings. The zero-order chi connectivity index (χ0) is 11.3. The summed E-state index contributed by atoms with van der Waals surface area (Å²) in [5.41, 5.74) is 0. The molecule has 1 heterocycles. The van der Waals surface area contributed by atoms with Crippen LogP contribution in [0.15, 0.2) is 12.1 Å². The van der Waals surface area contributed by atoms with Crippen molar-refractivity contribution in [2.24, 2.45) is 5.92 Å². The summed E-state index contributed by atoms with van der Waals surface area (Å²) in [4.78, 5) is 2.99. The average molecular weight is 225 g/mol. The highest BCUT2D eigenvalue weighted by atomic mass is 32.1. The van der Waals surface area contributed by atoms with Gasteiger partial charge in [-0.3, -0.25) is 0 Å². The van der Waals surface area contributed by atoms with Crippen LogP contribution in [0.3, 0.4) is 0 Å². The Morgan fingerprint density at radius 3 is 2.53 bits per heavy atom. The maximum absolute atomic E-state index is 3.43. The van der Waals surface area contributed by atoms with Crippen molar-refractivity contribution in [3.8, 4) is 0 Å². The molecule has 0 spiro atoms. The van der Waals surface area contributed by atoms with E-state index in [1.807, 2.05) is 11.3 Å². The van der Waals surface area contributed by atoms with E-state index in [0.29, 0.717) is 6.04 Å². The Morgan fingerprint density at radius 1 is 1.33 bits per heavy atom. The summed E-state index contributed by atoms with van der Waals surface area (Å²) in [5, 5.41) is 3.43. The molecule has 1 aromatic rings. The van der Waals surface area contributed by atoms with Crippen LogP contribution in [-0.4, -0.2) is 7.05 Å². The van der Waals surface area contributed by atoms with Gasteiger partial charge in [0.05, 0.1) is 0 Å². The van der Waals surface area contributed by atoms with E-state index in [1.54, 1.807) is 0 Å². The molecule has 86 valence electrons. The lowest BCUT2D eigenvalue weighted by atomic mass is 9.98. The van der Waals surface area contributed by atoms with Crippen molar-refractivity contribution in [3.05, 3.63) is 21.9 Å². The summed E-state index contributed by atoms with van der Waals surface area (Å²) >= 11 is 1.96. The summed E-state index contributed by atoms with van der Waals surface area (Å²) in [6.07, 6.45) is 3.67. The van der Waals surface area contributed by atoms with Crippen molar-refractivity contribution >= 4 is 11.3 Å². The van der Waals surface area contributed by atoms with E-state index >= 15 is 0 Å². The van der Waals surface area contributed by atoms with Gasteiger partial charge in [-0.25, -0.2) is 0 Å². The molecule has 1 aromatic heterocycles. The highest BCUT2D eigenvalue weighted by molar-refractivity contribution is 7.12. The Hall–Kier alpha value is -0.340. The number of aryl methyl sites for hydroxylation is 1. The lowest BCUT2D eigenvalue weighted by Gasteiger charge is -2.18. The first-order valence-electron chi connectivity index (χ1n) is 5.97. The molecule has 15 heavy (non-hydrogen) atoms. The van der Waals surface area contributed by atoms with E-state index < -0.39 is 0 Å². The predicted molar refractivity (Wildman–Crippen MR) is 69.6 cm³/mol. The molecule has 0 aromatic carbocycles. The van der Waals surface area contributed by atoms with Gasteiger partial charge in [0, 0.05) is 15.8 Å². The number of nitrogens with one attached hydrogen (secondary N) is 1. The summed E-state index contributed by atoms with van der Waals surface area (Å²) in [6.45, 7) is 6.82. The Bertz CT molecular complexity index is 280. The van der Waals surface area contributed by atoms with E-state index in [-0.39, 0.29) is 0 Å². The molecule has 2 unspecified atom stereocenters. The highest BCUT2D eigenvalue weighted by Crippen LogP contribution is 2.28. The van der Waals surface area contributed by atoms with Crippen LogP contribution < -0.4 is 5.32 Å². The van der Waals surface area contributed by atoms with Gasteiger partial charge >= 0.3 is 0 Å². The third-order valence-corrected chi connectivity index (χ3v) is 4.40. The van der Waals surface area contributed by atoms with E-state index in [4.69, 9.17) is 0 Å². The molecule has 0 bridgehead atoms. The fourth-order valence-corrected chi connectivity index (χ4v) is 2.79. The van der Waals surface area contributed by atoms with Crippen molar-refractivity contribution in [3.63, 3.8) is 0 Å². The van der Waals surface area contributed by atoms with Gasteiger partial charge in [0.2, 0.25) is 0 Å². The zero-order valence-electron chi connectivity index (χ0n) is 10.3. The van der Waals surface area contributed by atoms with Gasteiger partial charge in [0.25, 0.3) is 0 Å². The SMILES string of the molecule is CCc1ccc(C(CC(C)CC)NC)s1. The van der Waals surface area contributed by atoms with Crippen LogP contribution in [0.2, 0.25) is 0 Å².